The molecule has 0 atom stereocenters. The Hall–Kier alpha value is -2.35. The predicted molar refractivity (Wildman–Crippen MR) is 76.4 cm³/mol. The summed E-state index contributed by atoms with van der Waals surface area (Å²) < 4.78 is 0. The van der Waals surface area contributed by atoms with Crippen molar-refractivity contribution in [3.05, 3.63) is 39.6 Å². The molecule has 2 aromatic heterocycles. The van der Waals surface area contributed by atoms with E-state index >= 15 is 0 Å². The Balaban J connectivity index is 2.01. The molecule has 7 nitrogen and oxygen atoms in total. The van der Waals surface area contributed by atoms with Crippen LogP contribution >= 0.6 is 11.3 Å². The molecule has 0 saturated carbocycles. The highest BCUT2D eigenvalue weighted by Crippen LogP contribution is 2.18. The fraction of sp³-hybridized carbons (Fsp3) is 0.308. The molecular formula is C13H14N4O3S. The maximum atomic E-state index is 12.0. The Morgan fingerprint density at radius 3 is 2.76 bits per heavy atom. The van der Waals surface area contributed by atoms with E-state index in [-0.39, 0.29) is 23.7 Å². The van der Waals surface area contributed by atoms with Crippen molar-refractivity contribution in [2.24, 2.45) is 0 Å². The fourth-order valence-corrected chi connectivity index (χ4v) is 2.30. The normalized spacial score (nSPS) is 10.6. The average Bonchev–Trinajstić information content (AvgIpc) is 2.94. The van der Waals surface area contributed by atoms with Crippen LogP contribution < -0.4 is 5.32 Å². The van der Waals surface area contributed by atoms with Crippen molar-refractivity contribution in [1.29, 1.82) is 0 Å². The minimum atomic E-state index is -1.17. The summed E-state index contributed by atoms with van der Waals surface area (Å²) in [5, 5.41) is 21.2. The lowest BCUT2D eigenvalue weighted by Gasteiger charge is -2.03. The van der Waals surface area contributed by atoms with Gasteiger partial charge in [-0.25, -0.2) is 9.78 Å². The quantitative estimate of drug-likeness (QED) is 0.870. The van der Waals surface area contributed by atoms with Crippen LogP contribution in [0.4, 0.5) is 0 Å². The first-order valence-corrected chi connectivity index (χ1v) is 7.09. The van der Waals surface area contributed by atoms with Gasteiger partial charge in [-0.2, -0.15) is 0 Å². The summed E-state index contributed by atoms with van der Waals surface area (Å²) in [4.78, 5) is 26.4. The van der Waals surface area contributed by atoms with Gasteiger partial charge in [-0.1, -0.05) is 25.2 Å². The van der Waals surface area contributed by atoms with Crippen molar-refractivity contribution < 1.29 is 14.7 Å². The number of aromatic nitrogens is 3. The lowest BCUT2D eigenvalue weighted by molar-refractivity contribution is 0.0690. The lowest BCUT2D eigenvalue weighted by atomic mass is 10.2. The molecular weight excluding hydrogens is 292 g/mol. The topological polar surface area (TPSA) is 105 Å². The second-order valence-electron chi connectivity index (χ2n) is 4.61. The summed E-state index contributed by atoms with van der Waals surface area (Å²) in [6.45, 7) is 4.30. The van der Waals surface area contributed by atoms with E-state index < -0.39 is 5.97 Å². The zero-order valence-electron chi connectivity index (χ0n) is 11.5. The number of pyridine rings is 1. The van der Waals surface area contributed by atoms with Crippen molar-refractivity contribution in [3.8, 4) is 0 Å². The fourth-order valence-electron chi connectivity index (χ4n) is 1.52. The number of rotatable bonds is 5. The number of hydrogen-bond acceptors (Lipinski definition) is 6. The molecule has 110 valence electrons. The third-order valence-electron chi connectivity index (χ3n) is 2.62. The Morgan fingerprint density at radius 2 is 2.14 bits per heavy atom. The molecule has 0 unspecified atom stereocenters. The van der Waals surface area contributed by atoms with E-state index in [1.165, 1.54) is 29.7 Å². The van der Waals surface area contributed by atoms with Gasteiger partial charge in [0.15, 0.2) is 0 Å². The third kappa shape index (κ3) is 3.82. The van der Waals surface area contributed by atoms with E-state index in [1.54, 1.807) is 0 Å². The van der Waals surface area contributed by atoms with E-state index in [9.17, 15) is 9.59 Å². The maximum absolute atomic E-state index is 12.0. The SMILES string of the molecule is CC(C)c1nnc(CNC(=O)c2ccnc(C(=O)O)c2)s1. The van der Waals surface area contributed by atoms with Crippen LogP contribution in [0.5, 0.6) is 0 Å². The van der Waals surface area contributed by atoms with Crippen molar-refractivity contribution in [3.63, 3.8) is 0 Å². The molecule has 2 rings (SSSR count). The monoisotopic (exact) mass is 306 g/mol. The molecule has 0 aliphatic heterocycles. The van der Waals surface area contributed by atoms with E-state index in [0.717, 1.165) is 5.01 Å². The average molecular weight is 306 g/mol. The Bertz CT molecular complexity index is 669. The van der Waals surface area contributed by atoms with Gasteiger partial charge in [0.2, 0.25) is 0 Å². The van der Waals surface area contributed by atoms with Crippen molar-refractivity contribution in [1.82, 2.24) is 20.5 Å². The highest BCUT2D eigenvalue weighted by Gasteiger charge is 2.12. The van der Waals surface area contributed by atoms with Crippen LogP contribution in [0.25, 0.3) is 0 Å². The van der Waals surface area contributed by atoms with Gasteiger partial charge in [0, 0.05) is 17.7 Å². The summed E-state index contributed by atoms with van der Waals surface area (Å²) >= 11 is 1.44. The minimum Gasteiger partial charge on any atom is -0.477 e. The van der Waals surface area contributed by atoms with Crippen molar-refractivity contribution >= 4 is 23.2 Å². The minimum absolute atomic E-state index is 0.166. The molecule has 0 aliphatic rings. The second kappa shape index (κ2) is 6.40. The number of carbonyl (C=O) groups is 2. The smallest absolute Gasteiger partial charge is 0.354 e. The second-order valence-corrected chi connectivity index (χ2v) is 5.70. The van der Waals surface area contributed by atoms with E-state index in [4.69, 9.17) is 5.11 Å². The standard InChI is InChI=1S/C13H14N4O3S/c1-7(2)12-17-16-10(21-12)6-15-11(18)8-3-4-14-9(5-8)13(19)20/h3-5,7H,6H2,1-2H3,(H,15,18)(H,19,20). The van der Waals surface area contributed by atoms with Gasteiger partial charge >= 0.3 is 5.97 Å². The van der Waals surface area contributed by atoms with Gasteiger partial charge in [0.1, 0.15) is 15.7 Å². The molecule has 2 N–H and O–H groups in total. The zero-order valence-corrected chi connectivity index (χ0v) is 12.3. The number of hydrogen-bond donors (Lipinski definition) is 2. The highest BCUT2D eigenvalue weighted by molar-refractivity contribution is 7.11. The predicted octanol–water partition coefficient (Wildman–Crippen LogP) is 1.68. The number of nitrogens with one attached hydrogen (secondary N) is 1. The highest BCUT2D eigenvalue weighted by atomic mass is 32.1. The van der Waals surface area contributed by atoms with Crippen LogP contribution in [0.3, 0.4) is 0 Å². The van der Waals surface area contributed by atoms with Crippen LogP contribution in [0.1, 0.15) is 50.6 Å². The van der Waals surface area contributed by atoms with Crippen LogP contribution in [0, 0.1) is 0 Å². The summed E-state index contributed by atoms with van der Waals surface area (Å²) in [6.07, 6.45) is 1.29. The van der Waals surface area contributed by atoms with Gasteiger partial charge in [0.25, 0.3) is 5.91 Å². The first-order valence-electron chi connectivity index (χ1n) is 6.27. The van der Waals surface area contributed by atoms with Gasteiger partial charge < -0.3 is 10.4 Å². The van der Waals surface area contributed by atoms with Gasteiger partial charge in [-0.05, 0) is 12.1 Å². The molecule has 0 bridgehead atoms. The Morgan fingerprint density at radius 1 is 1.38 bits per heavy atom. The molecule has 2 aromatic rings. The summed E-state index contributed by atoms with van der Waals surface area (Å²) in [5.74, 6) is -1.25. The first-order chi connectivity index (χ1) is 9.97. The van der Waals surface area contributed by atoms with Crippen LogP contribution in [-0.4, -0.2) is 32.2 Å². The molecule has 2 heterocycles. The maximum Gasteiger partial charge on any atom is 0.354 e. The van der Waals surface area contributed by atoms with Gasteiger partial charge in [0.05, 0.1) is 6.54 Å². The number of amides is 1. The molecule has 0 spiro atoms. The number of nitrogens with zero attached hydrogens (tertiary/aromatic N) is 3. The van der Waals surface area contributed by atoms with Crippen molar-refractivity contribution in [2.75, 3.05) is 0 Å². The van der Waals surface area contributed by atoms with E-state index in [2.05, 4.69) is 20.5 Å². The number of carboxylic acid groups (broad SMARTS) is 1. The lowest BCUT2D eigenvalue weighted by Crippen LogP contribution is -2.23. The summed E-state index contributed by atoms with van der Waals surface area (Å²) in [6, 6.07) is 2.69. The van der Waals surface area contributed by atoms with E-state index in [0.29, 0.717) is 10.9 Å². The summed E-state index contributed by atoms with van der Waals surface area (Å²) in [5.41, 5.74) is 0.0802. The molecule has 0 fully saturated rings. The van der Waals surface area contributed by atoms with E-state index in [1.807, 2.05) is 13.8 Å². The van der Waals surface area contributed by atoms with Gasteiger partial charge in [-0.3, -0.25) is 4.79 Å². The van der Waals surface area contributed by atoms with Crippen LogP contribution in [0.2, 0.25) is 0 Å². The molecule has 8 heteroatoms. The molecule has 0 aromatic carbocycles. The van der Waals surface area contributed by atoms with Crippen LogP contribution in [0.15, 0.2) is 18.3 Å². The number of carbonyl (C=O) groups excluding carboxylic acids is 1. The zero-order chi connectivity index (χ0) is 15.4. The van der Waals surface area contributed by atoms with Gasteiger partial charge in [-0.15, -0.1) is 10.2 Å². The number of carboxylic acids is 1. The Labute approximate surface area is 125 Å². The van der Waals surface area contributed by atoms with Crippen LogP contribution in [-0.2, 0) is 6.54 Å². The number of aromatic carboxylic acids is 1. The molecule has 0 radical (unpaired) electrons. The molecule has 0 aliphatic carbocycles. The third-order valence-corrected chi connectivity index (χ3v) is 3.84. The molecule has 21 heavy (non-hydrogen) atoms. The largest absolute Gasteiger partial charge is 0.477 e. The van der Waals surface area contributed by atoms with Crippen molar-refractivity contribution in [2.45, 2.75) is 26.3 Å². The Kier molecular flexibility index (Phi) is 4.59. The summed E-state index contributed by atoms with van der Waals surface area (Å²) in [7, 11) is 0. The molecule has 1 amide bonds. The first kappa shape index (κ1) is 15.0. The molecule has 0 saturated heterocycles.